The molecule has 106 valence electrons. The van der Waals surface area contributed by atoms with Crippen molar-refractivity contribution in [1.29, 1.82) is 0 Å². The van der Waals surface area contributed by atoms with Crippen molar-refractivity contribution in [2.24, 2.45) is 0 Å². The van der Waals surface area contributed by atoms with Crippen molar-refractivity contribution in [3.63, 3.8) is 0 Å². The standard InChI is InChI=1S/C15H23NO3/c1-4-16(5-2)10-11-18-15(17)12-19-14-9-7-6-8-13(14)3/h6-9H,4-5,10-12H2,1-3H3/p+1. The van der Waals surface area contributed by atoms with Crippen LogP contribution in [0, 0.1) is 6.92 Å². The minimum Gasteiger partial charge on any atom is -0.482 e. The zero-order chi connectivity index (χ0) is 14.1. The number of carbonyl (C=O) groups is 1. The van der Waals surface area contributed by atoms with Gasteiger partial charge in [0.2, 0.25) is 0 Å². The van der Waals surface area contributed by atoms with Crippen LogP contribution in [0.1, 0.15) is 19.4 Å². The number of quaternary nitrogens is 1. The van der Waals surface area contributed by atoms with Crippen LogP contribution in [0.5, 0.6) is 5.75 Å². The van der Waals surface area contributed by atoms with E-state index in [4.69, 9.17) is 9.47 Å². The second kappa shape index (κ2) is 8.53. The molecule has 0 aliphatic rings. The van der Waals surface area contributed by atoms with Gasteiger partial charge in [-0.3, -0.25) is 0 Å². The van der Waals surface area contributed by atoms with Crippen LogP contribution in [0.2, 0.25) is 0 Å². The first-order chi connectivity index (χ1) is 9.17. The number of nitrogens with one attached hydrogen (secondary N) is 1. The summed E-state index contributed by atoms with van der Waals surface area (Å²) >= 11 is 0. The summed E-state index contributed by atoms with van der Waals surface area (Å²) in [6.07, 6.45) is 0. The molecule has 4 nitrogen and oxygen atoms in total. The smallest absolute Gasteiger partial charge is 0.344 e. The van der Waals surface area contributed by atoms with Crippen molar-refractivity contribution in [3.8, 4) is 5.75 Å². The minimum atomic E-state index is -0.310. The number of rotatable bonds is 8. The third kappa shape index (κ3) is 5.75. The third-order valence-electron chi connectivity index (χ3n) is 3.16. The molecule has 19 heavy (non-hydrogen) atoms. The van der Waals surface area contributed by atoms with Crippen molar-refractivity contribution >= 4 is 5.97 Å². The molecule has 0 unspecified atom stereocenters. The predicted molar refractivity (Wildman–Crippen MR) is 74.5 cm³/mol. The number of carbonyl (C=O) groups excluding carboxylic acids is 1. The Bertz CT molecular complexity index is 389. The van der Waals surface area contributed by atoms with Gasteiger partial charge in [0.25, 0.3) is 0 Å². The summed E-state index contributed by atoms with van der Waals surface area (Å²) < 4.78 is 10.6. The Morgan fingerprint density at radius 3 is 2.53 bits per heavy atom. The highest BCUT2D eigenvalue weighted by Crippen LogP contribution is 2.15. The number of para-hydroxylation sites is 1. The molecule has 0 aliphatic heterocycles. The maximum Gasteiger partial charge on any atom is 0.344 e. The fourth-order valence-electron chi connectivity index (χ4n) is 1.81. The van der Waals surface area contributed by atoms with Gasteiger partial charge in [-0.05, 0) is 32.4 Å². The molecule has 1 rings (SSSR count). The number of ether oxygens (including phenoxy) is 2. The normalized spacial score (nSPS) is 10.5. The van der Waals surface area contributed by atoms with Crippen LogP contribution >= 0.6 is 0 Å². The van der Waals surface area contributed by atoms with Crippen LogP contribution < -0.4 is 9.64 Å². The maximum absolute atomic E-state index is 11.5. The van der Waals surface area contributed by atoms with Gasteiger partial charge < -0.3 is 14.4 Å². The topological polar surface area (TPSA) is 40.0 Å². The minimum absolute atomic E-state index is 0.0293. The van der Waals surface area contributed by atoms with Crippen molar-refractivity contribution in [2.45, 2.75) is 20.8 Å². The molecule has 0 fully saturated rings. The molecule has 0 aromatic heterocycles. The van der Waals surface area contributed by atoms with Crippen LogP contribution in [0.15, 0.2) is 24.3 Å². The van der Waals surface area contributed by atoms with E-state index in [9.17, 15) is 4.79 Å². The number of hydrogen-bond donors (Lipinski definition) is 1. The zero-order valence-electron chi connectivity index (χ0n) is 12.1. The van der Waals surface area contributed by atoms with E-state index in [1.807, 2.05) is 31.2 Å². The first-order valence-corrected chi connectivity index (χ1v) is 6.85. The number of esters is 1. The lowest BCUT2D eigenvalue weighted by molar-refractivity contribution is -0.896. The van der Waals surface area contributed by atoms with Gasteiger partial charge in [0.05, 0.1) is 13.1 Å². The van der Waals surface area contributed by atoms with Crippen molar-refractivity contribution in [1.82, 2.24) is 0 Å². The van der Waals surface area contributed by atoms with Crippen LogP contribution in [-0.2, 0) is 9.53 Å². The van der Waals surface area contributed by atoms with E-state index in [0.717, 1.165) is 30.9 Å². The Hall–Kier alpha value is -1.55. The molecule has 0 bridgehead atoms. The highest BCUT2D eigenvalue weighted by molar-refractivity contribution is 5.71. The van der Waals surface area contributed by atoms with E-state index in [1.165, 1.54) is 4.90 Å². The van der Waals surface area contributed by atoms with E-state index in [2.05, 4.69) is 13.8 Å². The van der Waals surface area contributed by atoms with Gasteiger partial charge in [-0.25, -0.2) is 4.79 Å². The Morgan fingerprint density at radius 1 is 1.21 bits per heavy atom. The van der Waals surface area contributed by atoms with E-state index in [0.29, 0.717) is 6.61 Å². The van der Waals surface area contributed by atoms with Gasteiger partial charge in [0.15, 0.2) is 6.61 Å². The average Bonchev–Trinajstić information content (AvgIpc) is 2.43. The Balaban J connectivity index is 2.23. The average molecular weight is 266 g/mol. The number of aryl methyl sites for hydroxylation is 1. The Kier molecular flexibility index (Phi) is 6.97. The molecule has 0 heterocycles. The summed E-state index contributed by atoms with van der Waals surface area (Å²) in [5, 5.41) is 0. The molecule has 1 N–H and O–H groups in total. The highest BCUT2D eigenvalue weighted by Gasteiger charge is 2.08. The molecule has 0 spiro atoms. The monoisotopic (exact) mass is 266 g/mol. The van der Waals surface area contributed by atoms with Crippen LogP contribution in [-0.4, -0.2) is 38.8 Å². The van der Waals surface area contributed by atoms with Crippen LogP contribution in [0.25, 0.3) is 0 Å². The van der Waals surface area contributed by atoms with Crippen molar-refractivity contribution in [2.75, 3.05) is 32.8 Å². The molecule has 0 saturated carbocycles. The molecule has 0 atom stereocenters. The summed E-state index contributed by atoms with van der Waals surface area (Å²) in [7, 11) is 0. The third-order valence-corrected chi connectivity index (χ3v) is 3.16. The first kappa shape index (κ1) is 15.5. The fraction of sp³-hybridized carbons (Fsp3) is 0.533. The van der Waals surface area contributed by atoms with E-state index < -0.39 is 0 Å². The van der Waals surface area contributed by atoms with Gasteiger partial charge >= 0.3 is 5.97 Å². The largest absolute Gasteiger partial charge is 0.482 e. The maximum atomic E-state index is 11.5. The molecule has 0 amide bonds. The van der Waals surface area contributed by atoms with Crippen LogP contribution in [0.3, 0.4) is 0 Å². The molecular weight excluding hydrogens is 242 g/mol. The molecular formula is C15H24NO3+. The first-order valence-electron chi connectivity index (χ1n) is 6.85. The summed E-state index contributed by atoms with van der Waals surface area (Å²) in [4.78, 5) is 13.0. The molecule has 4 heteroatoms. The summed E-state index contributed by atoms with van der Waals surface area (Å²) in [6.45, 7) is 9.57. The van der Waals surface area contributed by atoms with E-state index >= 15 is 0 Å². The van der Waals surface area contributed by atoms with Gasteiger partial charge in [-0.1, -0.05) is 18.2 Å². The lowest BCUT2D eigenvalue weighted by Crippen LogP contribution is -3.11. The molecule has 0 saturated heterocycles. The number of benzene rings is 1. The van der Waals surface area contributed by atoms with E-state index in [1.54, 1.807) is 0 Å². The second-order valence-electron chi connectivity index (χ2n) is 4.48. The predicted octanol–water partition coefficient (Wildman–Crippen LogP) is 0.842. The van der Waals surface area contributed by atoms with Crippen LogP contribution in [0.4, 0.5) is 0 Å². The van der Waals surface area contributed by atoms with E-state index in [-0.39, 0.29) is 12.6 Å². The Labute approximate surface area is 115 Å². The molecule has 1 aromatic carbocycles. The lowest BCUT2D eigenvalue weighted by Gasteiger charge is -2.15. The number of hydrogen-bond acceptors (Lipinski definition) is 3. The molecule has 0 radical (unpaired) electrons. The lowest BCUT2D eigenvalue weighted by atomic mass is 10.2. The van der Waals surface area contributed by atoms with Gasteiger partial charge in [0.1, 0.15) is 18.9 Å². The van der Waals surface area contributed by atoms with Gasteiger partial charge in [-0.15, -0.1) is 0 Å². The van der Waals surface area contributed by atoms with Crippen molar-refractivity contribution < 1.29 is 19.2 Å². The van der Waals surface area contributed by atoms with Gasteiger partial charge in [-0.2, -0.15) is 0 Å². The Morgan fingerprint density at radius 2 is 1.89 bits per heavy atom. The molecule has 1 aromatic rings. The quantitative estimate of drug-likeness (QED) is 0.709. The summed E-state index contributed by atoms with van der Waals surface area (Å²) in [6, 6.07) is 7.62. The summed E-state index contributed by atoms with van der Waals surface area (Å²) in [5.74, 6) is 0.420. The summed E-state index contributed by atoms with van der Waals surface area (Å²) in [5.41, 5.74) is 1.02. The zero-order valence-corrected chi connectivity index (χ0v) is 12.1. The van der Waals surface area contributed by atoms with Crippen molar-refractivity contribution in [3.05, 3.63) is 29.8 Å². The SMILES string of the molecule is CC[NH+](CC)CCOC(=O)COc1ccccc1C. The highest BCUT2D eigenvalue weighted by atomic mass is 16.6. The molecule has 0 aliphatic carbocycles. The number of likely N-dealkylation sites (N-methyl/N-ethyl adjacent to an activating group) is 1. The van der Waals surface area contributed by atoms with Gasteiger partial charge in [0, 0.05) is 0 Å². The second-order valence-corrected chi connectivity index (χ2v) is 4.48. The fourth-order valence-corrected chi connectivity index (χ4v) is 1.81.